The van der Waals surface area contributed by atoms with Gasteiger partial charge in [-0.25, -0.2) is 0 Å². The fraction of sp³-hybridized carbons (Fsp3) is 0.818. The first-order valence-electron chi connectivity index (χ1n) is 5.93. The van der Waals surface area contributed by atoms with E-state index in [1.807, 2.05) is 18.7 Å². The zero-order chi connectivity index (χ0) is 12.1. The molecule has 17 heavy (non-hydrogen) atoms. The number of nitrogens with one attached hydrogen (secondary N) is 1. The van der Waals surface area contributed by atoms with Crippen LogP contribution in [0.1, 0.15) is 18.6 Å². The molecule has 0 amide bonds. The van der Waals surface area contributed by atoms with Crippen LogP contribution in [-0.4, -0.2) is 47.4 Å². The van der Waals surface area contributed by atoms with Crippen LogP contribution in [0.3, 0.4) is 0 Å². The van der Waals surface area contributed by atoms with Gasteiger partial charge in [-0.1, -0.05) is 5.16 Å². The molecule has 5 nitrogen and oxygen atoms in total. The van der Waals surface area contributed by atoms with Gasteiger partial charge in [-0.15, -0.1) is 0 Å². The van der Waals surface area contributed by atoms with Crippen LogP contribution in [0.25, 0.3) is 0 Å². The van der Waals surface area contributed by atoms with E-state index in [1.165, 1.54) is 5.75 Å². The Kier molecular flexibility index (Phi) is 4.82. The maximum Gasteiger partial charge on any atom is 0.228 e. The van der Waals surface area contributed by atoms with Crippen molar-refractivity contribution >= 4 is 11.8 Å². The molecule has 1 aromatic heterocycles. The van der Waals surface area contributed by atoms with Crippen molar-refractivity contribution in [2.75, 3.05) is 25.2 Å². The SMILES string of the molecule is COC(C)Cc1noc(CC2CSCCN2)n1. The van der Waals surface area contributed by atoms with Gasteiger partial charge in [-0.05, 0) is 6.92 Å². The third-order valence-electron chi connectivity index (χ3n) is 2.80. The molecule has 2 atom stereocenters. The third kappa shape index (κ3) is 3.97. The fourth-order valence-corrected chi connectivity index (χ4v) is 2.71. The molecule has 0 spiro atoms. The smallest absolute Gasteiger partial charge is 0.228 e. The molecule has 0 bridgehead atoms. The van der Waals surface area contributed by atoms with Crippen molar-refractivity contribution < 1.29 is 9.26 Å². The van der Waals surface area contributed by atoms with Crippen LogP contribution in [0.4, 0.5) is 0 Å². The monoisotopic (exact) mass is 257 g/mol. The van der Waals surface area contributed by atoms with Crippen LogP contribution in [0.2, 0.25) is 0 Å². The molecule has 1 fully saturated rings. The molecule has 96 valence electrons. The van der Waals surface area contributed by atoms with E-state index in [4.69, 9.17) is 9.26 Å². The van der Waals surface area contributed by atoms with Gasteiger partial charge in [0.05, 0.1) is 6.10 Å². The Morgan fingerprint density at radius 1 is 1.65 bits per heavy atom. The minimum Gasteiger partial charge on any atom is -0.381 e. The summed E-state index contributed by atoms with van der Waals surface area (Å²) in [5.74, 6) is 3.77. The van der Waals surface area contributed by atoms with E-state index >= 15 is 0 Å². The molecule has 2 rings (SSSR count). The Morgan fingerprint density at radius 2 is 2.53 bits per heavy atom. The highest BCUT2D eigenvalue weighted by atomic mass is 32.2. The molecule has 2 heterocycles. The third-order valence-corrected chi connectivity index (χ3v) is 3.93. The molecule has 1 aromatic rings. The van der Waals surface area contributed by atoms with Gasteiger partial charge >= 0.3 is 0 Å². The fourth-order valence-electron chi connectivity index (χ4n) is 1.76. The van der Waals surface area contributed by atoms with Crippen LogP contribution in [0.5, 0.6) is 0 Å². The summed E-state index contributed by atoms with van der Waals surface area (Å²) in [6, 6.07) is 0.460. The summed E-state index contributed by atoms with van der Waals surface area (Å²) in [5, 5.41) is 7.42. The number of nitrogens with zero attached hydrogens (tertiary/aromatic N) is 2. The minimum atomic E-state index is 0.129. The number of rotatable bonds is 5. The normalized spacial score (nSPS) is 22.6. The lowest BCUT2D eigenvalue weighted by atomic mass is 10.2. The summed E-state index contributed by atoms with van der Waals surface area (Å²) in [6.45, 7) is 3.06. The lowest BCUT2D eigenvalue weighted by molar-refractivity contribution is 0.116. The van der Waals surface area contributed by atoms with Crippen molar-refractivity contribution in [1.29, 1.82) is 0 Å². The van der Waals surface area contributed by atoms with E-state index in [1.54, 1.807) is 7.11 Å². The van der Waals surface area contributed by atoms with E-state index in [2.05, 4.69) is 15.5 Å². The topological polar surface area (TPSA) is 60.2 Å². The van der Waals surface area contributed by atoms with Crippen molar-refractivity contribution in [2.24, 2.45) is 0 Å². The summed E-state index contributed by atoms with van der Waals surface area (Å²) >= 11 is 1.97. The highest BCUT2D eigenvalue weighted by Crippen LogP contribution is 2.12. The van der Waals surface area contributed by atoms with Crippen LogP contribution in [-0.2, 0) is 17.6 Å². The Hall–Kier alpha value is -0.590. The second-order valence-corrected chi connectivity index (χ2v) is 5.43. The molecule has 2 unspecified atom stereocenters. The van der Waals surface area contributed by atoms with Crippen LogP contribution < -0.4 is 5.32 Å². The summed E-state index contributed by atoms with van der Waals surface area (Å²) in [7, 11) is 1.69. The Labute approximate surface area is 106 Å². The van der Waals surface area contributed by atoms with E-state index in [0.717, 1.165) is 30.4 Å². The average molecular weight is 257 g/mol. The number of ether oxygens (including phenoxy) is 1. The number of aromatic nitrogens is 2. The molecular formula is C11H19N3O2S. The van der Waals surface area contributed by atoms with E-state index < -0.39 is 0 Å². The first-order chi connectivity index (χ1) is 8.28. The number of thioether (sulfide) groups is 1. The van der Waals surface area contributed by atoms with Gasteiger partial charge in [-0.2, -0.15) is 16.7 Å². The highest BCUT2D eigenvalue weighted by Gasteiger charge is 2.17. The lowest BCUT2D eigenvalue weighted by Gasteiger charge is -2.21. The van der Waals surface area contributed by atoms with Crippen LogP contribution in [0.15, 0.2) is 4.52 Å². The van der Waals surface area contributed by atoms with Crippen LogP contribution >= 0.6 is 11.8 Å². The molecule has 0 aromatic carbocycles. The zero-order valence-electron chi connectivity index (χ0n) is 10.3. The first-order valence-corrected chi connectivity index (χ1v) is 7.08. The summed E-state index contributed by atoms with van der Waals surface area (Å²) in [6.07, 6.45) is 1.65. The minimum absolute atomic E-state index is 0.129. The van der Waals surface area contributed by atoms with Gasteiger partial charge in [0.1, 0.15) is 0 Å². The lowest BCUT2D eigenvalue weighted by Crippen LogP contribution is -2.38. The maximum atomic E-state index is 5.25. The second-order valence-electron chi connectivity index (χ2n) is 4.28. The molecule has 0 saturated carbocycles. The Balaban J connectivity index is 1.84. The van der Waals surface area contributed by atoms with Crippen molar-refractivity contribution in [2.45, 2.75) is 31.9 Å². The predicted octanol–water partition coefficient (Wildman–Crippen LogP) is 0.894. The molecule has 1 saturated heterocycles. The molecule has 0 aliphatic carbocycles. The van der Waals surface area contributed by atoms with Gasteiger partial charge in [0, 0.05) is 44.0 Å². The van der Waals surface area contributed by atoms with Crippen LogP contribution in [0, 0.1) is 0 Å². The standard InChI is InChI=1S/C11H19N3O2S/c1-8(15-2)5-10-13-11(16-14-10)6-9-7-17-4-3-12-9/h8-9,12H,3-7H2,1-2H3. The van der Waals surface area contributed by atoms with Gasteiger partial charge in [-0.3, -0.25) is 0 Å². The van der Waals surface area contributed by atoms with E-state index in [0.29, 0.717) is 12.5 Å². The van der Waals surface area contributed by atoms with Crippen molar-refractivity contribution in [1.82, 2.24) is 15.5 Å². The van der Waals surface area contributed by atoms with Gasteiger partial charge in [0.25, 0.3) is 0 Å². The highest BCUT2D eigenvalue weighted by molar-refractivity contribution is 7.99. The summed E-state index contributed by atoms with van der Waals surface area (Å²) in [5.41, 5.74) is 0. The number of hydrogen-bond donors (Lipinski definition) is 1. The second kappa shape index (κ2) is 6.37. The van der Waals surface area contributed by atoms with E-state index in [9.17, 15) is 0 Å². The number of methoxy groups -OCH3 is 1. The van der Waals surface area contributed by atoms with Crippen molar-refractivity contribution in [3.8, 4) is 0 Å². The van der Waals surface area contributed by atoms with Crippen molar-refractivity contribution in [3.05, 3.63) is 11.7 Å². The quantitative estimate of drug-likeness (QED) is 0.845. The van der Waals surface area contributed by atoms with Gasteiger partial charge < -0.3 is 14.6 Å². The molecule has 1 N–H and O–H groups in total. The molecule has 6 heteroatoms. The predicted molar refractivity (Wildman–Crippen MR) is 67.3 cm³/mol. The van der Waals surface area contributed by atoms with Crippen molar-refractivity contribution in [3.63, 3.8) is 0 Å². The summed E-state index contributed by atoms with van der Waals surface area (Å²) in [4.78, 5) is 4.39. The molecular weight excluding hydrogens is 238 g/mol. The molecule has 0 radical (unpaired) electrons. The molecule has 1 aliphatic heterocycles. The first kappa shape index (κ1) is 12.9. The zero-order valence-corrected chi connectivity index (χ0v) is 11.1. The van der Waals surface area contributed by atoms with Gasteiger partial charge in [0.2, 0.25) is 5.89 Å². The average Bonchev–Trinajstić information content (AvgIpc) is 2.77. The summed E-state index contributed by atoms with van der Waals surface area (Å²) < 4.78 is 10.4. The Morgan fingerprint density at radius 3 is 3.24 bits per heavy atom. The largest absolute Gasteiger partial charge is 0.381 e. The van der Waals surface area contributed by atoms with Gasteiger partial charge in [0.15, 0.2) is 5.82 Å². The molecule has 1 aliphatic rings. The number of hydrogen-bond acceptors (Lipinski definition) is 6. The maximum absolute atomic E-state index is 5.25. The Bertz CT molecular complexity index is 339. The van der Waals surface area contributed by atoms with E-state index in [-0.39, 0.29) is 6.10 Å².